The van der Waals surface area contributed by atoms with Crippen LogP contribution < -0.4 is 0 Å². The highest BCUT2D eigenvalue weighted by atomic mass is 79.9. The van der Waals surface area contributed by atoms with Crippen molar-refractivity contribution in [1.29, 1.82) is 0 Å². The molecule has 1 rings (SSSR count). The van der Waals surface area contributed by atoms with E-state index in [0.29, 0.717) is 17.7 Å². The van der Waals surface area contributed by atoms with E-state index in [2.05, 4.69) is 36.7 Å². The van der Waals surface area contributed by atoms with Crippen molar-refractivity contribution in [1.82, 2.24) is 0 Å². The van der Waals surface area contributed by atoms with E-state index in [9.17, 15) is 9.50 Å². The van der Waals surface area contributed by atoms with Gasteiger partial charge in [0.25, 0.3) is 0 Å². The van der Waals surface area contributed by atoms with Gasteiger partial charge in [-0.1, -0.05) is 42.8 Å². The monoisotopic (exact) mass is 320 g/mol. The van der Waals surface area contributed by atoms with Crippen molar-refractivity contribution in [3.05, 3.63) is 34.1 Å². The van der Waals surface area contributed by atoms with E-state index in [1.165, 1.54) is 6.07 Å². The van der Waals surface area contributed by atoms with Crippen molar-refractivity contribution in [2.75, 3.05) is 5.75 Å². The number of aliphatic hydroxyl groups excluding tert-OH is 1. The molecule has 0 bridgehead atoms. The lowest BCUT2D eigenvalue weighted by atomic mass is 10.1. The number of benzene rings is 1. The van der Waals surface area contributed by atoms with Crippen molar-refractivity contribution in [3.63, 3.8) is 0 Å². The summed E-state index contributed by atoms with van der Waals surface area (Å²) in [5.41, 5.74) is 0.565. The summed E-state index contributed by atoms with van der Waals surface area (Å²) in [6, 6.07) is 4.94. The first-order valence-electron chi connectivity index (χ1n) is 5.54. The third kappa shape index (κ3) is 5.89. The maximum Gasteiger partial charge on any atom is 0.127 e. The van der Waals surface area contributed by atoms with Gasteiger partial charge in [0.15, 0.2) is 0 Å². The smallest absolute Gasteiger partial charge is 0.127 e. The number of hydrogen-bond acceptors (Lipinski definition) is 2. The molecule has 4 heteroatoms. The fourth-order valence-electron chi connectivity index (χ4n) is 1.35. The largest absolute Gasteiger partial charge is 0.392 e. The number of hydrogen-bond donors (Lipinski definition) is 1. The zero-order valence-electron chi connectivity index (χ0n) is 10.3. The molecule has 0 fully saturated rings. The lowest BCUT2D eigenvalue weighted by Gasteiger charge is -2.20. The minimum Gasteiger partial charge on any atom is -0.392 e. The van der Waals surface area contributed by atoms with Crippen molar-refractivity contribution >= 4 is 27.7 Å². The molecular weight excluding hydrogens is 303 g/mol. The van der Waals surface area contributed by atoms with Gasteiger partial charge in [0.05, 0.1) is 6.10 Å². The molecule has 1 atom stereocenters. The van der Waals surface area contributed by atoms with Crippen LogP contribution in [0.1, 0.15) is 26.3 Å². The van der Waals surface area contributed by atoms with Crippen molar-refractivity contribution < 1.29 is 9.50 Å². The Kier molecular flexibility index (Phi) is 5.48. The van der Waals surface area contributed by atoms with E-state index in [4.69, 9.17) is 0 Å². The second kappa shape index (κ2) is 6.21. The van der Waals surface area contributed by atoms with Crippen molar-refractivity contribution in [2.45, 2.75) is 38.0 Å². The molecule has 0 saturated heterocycles. The molecule has 1 aromatic rings. The average Bonchev–Trinajstić information content (AvgIpc) is 2.18. The molecule has 0 spiro atoms. The quantitative estimate of drug-likeness (QED) is 0.904. The first kappa shape index (κ1) is 15.0. The fourth-order valence-corrected chi connectivity index (χ4v) is 2.49. The van der Waals surface area contributed by atoms with Crippen LogP contribution in [-0.4, -0.2) is 21.7 Å². The maximum absolute atomic E-state index is 13.5. The predicted molar refractivity (Wildman–Crippen MR) is 76.0 cm³/mol. The summed E-state index contributed by atoms with van der Waals surface area (Å²) in [6.07, 6.45) is -0.141. The van der Waals surface area contributed by atoms with Crippen LogP contribution in [0.25, 0.3) is 0 Å². The van der Waals surface area contributed by atoms with Gasteiger partial charge in [0.1, 0.15) is 5.82 Å². The Hall–Kier alpha value is -0.0600. The molecule has 0 aliphatic rings. The highest BCUT2D eigenvalue weighted by molar-refractivity contribution is 9.10. The standard InChI is InChI=1S/C13H18BrFOS/c1-13(2,3)17-8-11(16)6-9-4-5-10(14)7-12(9)15/h4-5,7,11,16H,6,8H2,1-3H3. The molecule has 0 aromatic heterocycles. The molecule has 1 unspecified atom stereocenters. The molecule has 17 heavy (non-hydrogen) atoms. The molecule has 0 saturated carbocycles. The van der Waals surface area contributed by atoms with Gasteiger partial charge in [-0.25, -0.2) is 4.39 Å². The van der Waals surface area contributed by atoms with Gasteiger partial charge in [-0.3, -0.25) is 0 Å². The van der Waals surface area contributed by atoms with Gasteiger partial charge in [0.2, 0.25) is 0 Å². The molecule has 0 radical (unpaired) electrons. The molecule has 96 valence electrons. The van der Waals surface area contributed by atoms with Crippen LogP contribution in [0.3, 0.4) is 0 Å². The molecule has 1 aromatic carbocycles. The highest BCUT2D eigenvalue weighted by Crippen LogP contribution is 2.25. The van der Waals surface area contributed by atoms with Gasteiger partial charge < -0.3 is 5.11 Å². The molecule has 1 N–H and O–H groups in total. The number of aliphatic hydroxyl groups is 1. The van der Waals surface area contributed by atoms with Crippen LogP contribution in [0, 0.1) is 5.82 Å². The molecule has 1 nitrogen and oxygen atoms in total. The third-order valence-electron chi connectivity index (χ3n) is 2.18. The van der Waals surface area contributed by atoms with Gasteiger partial charge >= 0.3 is 0 Å². The first-order chi connectivity index (χ1) is 7.78. The Bertz CT molecular complexity index is 376. The van der Waals surface area contributed by atoms with Crippen LogP contribution in [0.4, 0.5) is 4.39 Å². The third-order valence-corrected chi connectivity index (χ3v) is 4.09. The fraction of sp³-hybridized carbons (Fsp3) is 0.538. The number of halogens is 2. The summed E-state index contributed by atoms with van der Waals surface area (Å²) >= 11 is 4.90. The maximum atomic E-state index is 13.5. The van der Waals surface area contributed by atoms with Crippen LogP contribution in [0.5, 0.6) is 0 Å². The van der Waals surface area contributed by atoms with Crippen molar-refractivity contribution in [3.8, 4) is 0 Å². The van der Waals surface area contributed by atoms with E-state index in [1.807, 2.05) is 0 Å². The van der Waals surface area contributed by atoms with E-state index < -0.39 is 6.10 Å². The summed E-state index contributed by atoms with van der Waals surface area (Å²) < 4.78 is 14.4. The van der Waals surface area contributed by atoms with Gasteiger partial charge in [0, 0.05) is 21.4 Å². The highest BCUT2D eigenvalue weighted by Gasteiger charge is 2.15. The second-order valence-corrected chi connectivity index (χ2v) is 7.78. The molecule has 0 heterocycles. The van der Waals surface area contributed by atoms with Crippen LogP contribution in [-0.2, 0) is 6.42 Å². The van der Waals surface area contributed by atoms with E-state index in [1.54, 1.807) is 23.9 Å². The summed E-state index contributed by atoms with van der Waals surface area (Å²) in [4.78, 5) is 0. The molecular formula is C13H18BrFOS. The Balaban J connectivity index is 2.53. The summed E-state index contributed by atoms with van der Waals surface area (Å²) in [6.45, 7) is 6.31. The Morgan fingerprint density at radius 2 is 2.06 bits per heavy atom. The zero-order chi connectivity index (χ0) is 13.1. The van der Waals surface area contributed by atoms with E-state index in [0.717, 1.165) is 4.47 Å². The second-order valence-electron chi connectivity index (χ2n) is 5.02. The van der Waals surface area contributed by atoms with Gasteiger partial charge in [-0.2, -0.15) is 11.8 Å². The van der Waals surface area contributed by atoms with Crippen LogP contribution >= 0.6 is 27.7 Å². The topological polar surface area (TPSA) is 20.2 Å². The lowest BCUT2D eigenvalue weighted by Crippen LogP contribution is -2.19. The van der Waals surface area contributed by atoms with Crippen LogP contribution in [0.2, 0.25) is 0 Å². The Morgan fingerprint density at radius 3 is 2.59 bits per heavy atom. The van der Waals surface area contributed by atoms with Crippen LogP contribution in [0.15, 0.2) is 22.7 Å². The number of rotatable bonds is 4. The minimum absolute atomic E-state index is 0.124. The summed E-state index contributed by atoms with van der Waals surface area (Å²) in [7, 11) is 0. The van der Waals surface area contributed by atoms with E-state index in [-0.39, 0.29) is 10.6 Å². The van der Waals surface area contributed by atoms with Gasteiger partial charge in [-0.15, -0.1) is 0 Å². The molecule has 0 aliphatic carbocycles. The minimum atomic E-state index is -0.505. The normalized spacial score (nSPS) is 13.8. The zero-order valence-corrected chi connectivity index (χ0v) is 12.7. The van der Waals surface area contributed by atoms with Crippen molar-refractivity contribution in [2.24, 2.45) is 0 Å². The summed E-state index contributed by atoms with van der Waals surface area (Å²) in [5, 5.41) is 9.86. The predicted octanol–water partition coefficient (Wildman–Crippen LogP) is 4.02. The average molecular weight is 321 g/mol. The molecule has 0 aliphatic heterocycles. The molecule has 0 amide bonds. The number of thioether (sulfide) groups is 1. The summed E-state index contributed by atoms with van der Waals surface area (Å²) in [5.74, 6) is 0.359. The Labute approximate surface area is 115 Å². The van der Waals surface area contributed by atoms with E-state index >= 15 is 0 Å². The Morgan fingerprint density at radius 1 is 1.41 bits per heavy atom. The SMILES string of the molecule is CC(C)(C)SCC(O)Cc1ccc(Br)cc1F. The first-order valence-corrected chi connectivity index (χ1v) is 7.32. The lowest BCUT2D eigenvalue weighted by molar-refractivity contribution is 0.198. The van der Waals surface area contributed by atoms with Gasteiger partial charge in [-0.05, 0) is 17.7 Å².